The van der Waals surface area contributed by atoms with E-state index in [0.717, 1.165) is 26.2 Å². The van der Waals surface area contributed by atoms with Crippen LogP contribution in [-0.2, 0) is 9.53 Å². The summed E-state index contributed by atoms with van der Waals surface area (Å²) < 4.78 is 5.14. The fourth-order valence-electron chi connectivity index (χ4n) is 2.52. The van der Waals surface area contributed by atoms with Crippen LogP contribution in [0.25, 0.3) is 0 Å². The Kier molecular flexibility index (Phi) is 6.36. The van der Waals surface area contributed by atoms with Gasteiger partial charge >= 0.3 is 5.97 Å². The van der Waals surface area contributed by atoms with E-state index in [0.29, 0.717) is 17.2 Å². The maximum absolute atomic E-state index is 12.4. The number of nitrogens with one attached hydrogen (secondary N) is 1. The first-order valence-electron chi connectivity index (χ1n) is 7.52. The van der Waals surface area contributed by atoms with Gasteiger partial charge in [0.15, 0.2) is 5.78 Å². The van der Waals surface area contributed by atoms with Crippen LogP contribution in [0.3, 0.4) is 0 Å². The molecule has 120 valence electrons. The summed E-state index contributed by atoms with van der Waals surface area (Å²) in [5.41, 5.74) is 0.564. The largest absolute Gasteiger partial charge is 0.465 e. The first-order valence-corrected chi connectivity index (χ1v) is 7.89. The third-order valence-corrected chi connectivity index (χ3v) is 3.95. The third-order valence-electron chi connectivity index (χ3n) is 3.70. The molecule has 0 aromatic heterocycles. The van der Waals surface area contributed by atoms with E-state index in [2.05, 4.69) is 5.32 Å². The molecule has 22 heavy (non-hydrogen) atoms. The summed E-state index contributed by atoms with van der Waals surface area (Å²) in [4.78, 5) is 26.6. The van der Waals surface area contributed by atoms with Crippen molar-refractivity contribution < 1.29 is 14.3 Å². The molecule has 1 N–H and O–H groups in total. The molecule has 0 radical (unpaired) electrons. The van der Waals surface area contributed by atoms with Gasteiger partial charge in [-0.05, 0) is 31.2 Å². The molecule has 1 aliphatic heterocycles. The zero-order chi connectivity index (χ0) is 15.9. The van der Waals surface area contributed by atoms with Crippen molar-refractivity contribution in [2.45, 2.75) is 19.4 Å². The Morgan fingerprint density at radius 3 is 2.50 bits per heavy atom. The lowest BCUT2D eigenvalue weighted by molar-refractivity contribution is -0.149. The van der Waals surface area contributed by atoms with E-state index in [1.54, 1.807) is 31.2 Å². The maximum Gasteiger partial charge on any atom is 0.323 e. The van der Waals surface area contributed by atoms with Crippen LogP contribution in [-0.4, -0.2) is 55.5 Å². The Morgan fingerprint density at radius 1 is 1.27 bits per heavy atom. The number of carbonyl (C=O) groups is 2. The van der Waals surface area contributed by atoms with Crippen LogP contribution < -0.4 is 5.32 Å². The molecule has 0 bridgehead atoms. The van der Waals surface area contributed by atoms with Crippen LogP contribution >= 0.6 is 11.6 Å². The predicted octanol–water partition coefficient (Wildman–Crippen LogP) is 1.75. The molecule has 1 heterocycles. The van der Waals surface area contributed by atoms with Crippen molar-refractivity contribution in [2.75, 3.05) is 32.8 Å². The number of hydrogen-bond donors (Lipinski definition) is 1. The zero-order valence-corrected chi connectivity index (χ0v) is 13.4. The third kappa shape index (κ3) is 4.53. The molecule has 1 aromatic rings. The number of nitrogens with zero attached hydrogens (tertiary/aromatic N) is 1. The van der Waals surface area contributed by atoms with Crippen molar-refractivity contribution in [3.8, 4) is 0 Å². The van der Waals surface area contributed by atoms with Gasteiger partial charge < -0.3 is 10.1 Å². The number of rotatable bonds is 6. The molecule has 1 unspecified atom stereocenters. The highest BCUT2D eigenvalue weighted by Crippen LogP contribution is 2.15. The van der Waals surface area contributed by atoms with Crippen molar-refractivity contribution in [1.29, 1.82) is 0 Å². The van der Waals surface area contributed by atoms with Crippen molar-refractivity contribution in [3.05, 3.63) is 34.9 Å². The maximum atomic E-state index is 12.4. The molecule has 6 heteroatoms. The molecule has 0 spiro atoms. The summed E-state index contributed by atoms with van der Waals surface area (Å²) in [6, 6.07) is 6.21. The van der Waals surface area contributed by atoms with Gasteiger partial charge in [-0.3, -0.25) is 14.5 Å². The van der Waals surface area contributed by atoms with Gasteiger partial charge in [-0.15, -0.1) is 0 Å². The van der Waals surface area contributed by atoms with Gasteiger partial charge in [0, 0.05) is 43.2 Å². The second-order valence-electron chi connectivity index (χ2n) is 5.19. The molecular formula is C16H21ClN2O3. The number of halogens is 1. The number of ketones is 1. The van der Waals surface area contributed by atoms with Gasteiger partial charge in [0.2, 0.25) is 0 Å². The quantitative estimate of drug-likeness (QED) is 0.638. The molecule has 2 rings (SSSR count). The minimum Gasteiger partial charge on any atom is -0.465 e. The first kappa shape index (κ1) is 16.9. The van der Waals surface area contributed by atoms with E-state index in [1.807, 2.05) is 4.90 Å². The molecule has 0 amide bonds. The Hall–Kier alpha value is -1.43. The first-order chi connectivity index (χ1) is 10.6. The molecule has 1 aromatic carbocycles. The lowest BCUT2D eigenvalue weighted by atomic mass is 10.0. The van der Waals surface area contributed by atoms with Crippen molar-refractivity contribution in [1.82, 2.24) is 10.2 Å². The molecule has 1 saturated heterocycles. The normalized spacial score (nSPS) is 17.0. The number of carbonyl (C=O) groups excluding carboxylic acids is 2. The van der Waals surface area contributed by atoms with Crippen LogP contribution in [0.1, 0.15) is 23.7 Å². The number of hydrogen-bond acceptors (Lipinski definition) is 5. The SMILES string of the molecule is CCOC(=O)C(CC(=O)c1ccc(Cl)cc1)N1CCNCC1. The minimum absolute atomic E-state index is 0.0757. The van der Waals surface area contributed by atoms with Crippen LogP contribution in [0.15, 0.2) is 24.3 Å². The highest BCUT2D eigenvalue weighted by Gasteiger charge is 2.30. The lowest BCUT2D eigenvalue weighted by Gasteiger charge is -2.33. The van der Waals surface area contributed by atoms with Gasteiger partial charge in [0.1, 0.15) is 6.04 Å². The average molecular weight is 325 g/mol. The molecule has 1 atom stereocenters. The van der Waals surface area contributed by atoms with Crippen LogP contribution in [0.5, 0.6) is 0 Å². The Balaban J connectivity index is 2.09. The summed E-state index contributed by atoms with van der Waals surface area (Å²) in [7, 11) is 0. The van der Waals surface area contributed by atoms with Crippen molar-refractivity contribution in [2.24, 2.45) is 0 Å². The van der Waals surface area contributed by atoms with E-state index in [9.17, 15) is 9.59 Å². The average Bonchev–Trinajstić information content (AvgIpc) is 2.54. The van der Waals surface area contributed by atoms with Crippen LogP contribution in [0.4, 0.5) is 0 Å². The second-order valence-corrected chi connectivity index (χ2v) is 5.62. The number of esters is 1. The van der Waals surface area contributed by atoms with Crippen molar-refractivity contribution >= 4 is 23.4 Å². The lowest BCUT2D eigenvalue weighted by Crippen LogP contribution is -2.52. The number of Topliss-reactive ketones (excluding diaryl/α,β-unsaturated/α-hetero) is 1. The summed E-state index contributed by atoms with van der Waals surface area (Å²) >= 11 is 5.83. The molecule has 5 nitrogen and oxygen atoms in total. The number of piperazine rings is 1. The zero-order valence-electron chi connectivity index (χ0n) is 12.7. The monoisotopic (exact) mass is 324 g/mol. The van der Waals surface area contributed by atoms with E-state index < -0.39 is 6.04 Å². The Morgan fingerprint density at radius 2 is 1.91 bits per heavy atom. The van der Waals surface area contributed by atoms with Gasteiger partial charge in [-0.1, -0.05) is 11.6 Å². The number of ether oxygens (including phenoxy) is 1. The Bertz CT molecular complexity index is 513. The summed E-state index contributed by atoms with van der Waals surface area (Å²) in [6.07, 6.45) is 0.125. The van der Waals surface area contributed by atoms with E-state index in [4.69, 9.17) is 16.3 Å². The fraction of sp³-hybridized carbons (Fsp3) is 0.500. The fourth-order valence-corrected chi connectivity index (χ4v) is 2.65. The van der Waals surface area contributed by atoms with Crippen LogP contribution in [0, 0.1) is 0 Å². The number of benzene rings is 1. The van der Waals surface area contributed by atoms with Gasteiger partial charge in [-0.25, -0.2) is 0 Å². The van der Waals surface area contributed by atoms with E-state index >= 15 is 0 Å². The Labute approximate surface area is 135 Å². The van der Waals surface area contributed by atoms with Gasteiger partial charge in [0.25, 0.3) is 0 Å². The van der Waals surface area contributed by atoms with E-state index in [1.165, 1.54) is 0 Å². The second kappa shape index (κ2) is 8.27. The smallest absolute Gasteiger partial charge is 0.323 e. The van der Waals surface area contributed by atoms with Crippen molar-refractivity contribution in [3.63, 3.8) is 0 Å². The molecule has 1 fully saturated rings. The van der Waals surface area contributed by atoms with Gasteiger partial charge in [-0.2, -0.15) is 0 Å². The molecule has 0 saturated carbocycles. The molecule has 1 aliphatic rings. The standard InChI is InChI=1S/C16H21ClN2O3/c1-2-22-16(21)14(19-9-7-18-8-10-19)11-15(20)12-3-5-13(17)6-4-12/h3-6,14,18H,2,7-11H2,1H3. The predicted molar refractivity (Wildman–Crippen MR) is 85.3 cm³/mol. The van der Waals surface area contributed by atoms with Gasteiger partial charge in [0.05, 0.1) is 6.61 Å². The topological polar surface area (TPSA) is 58.6 Å². The summed E-state index contributed by atoms with van der Waals surface area (Å²) in [5.74, 6) is -0.403. The molecule has 0 aliphatic carbocycles. The van der Waals surface area contributed by atoms with E-state index in [-0.39, 0.29) is 18.2 Å². The highest BCUT2D eigenvalue weighted by atomic mass is 35.5. The summed E-state index contributed by atoms with van der Waals surface area (Å²) in [6.45, 7) is 5.18. The summed E-state index contributed by atoms with van der Waals surface area (Å²) in [5, 5.41) is 3.82. The molecular weight excluding hydrogens is 304 g/mol. The van der Waals surface area contributed by atoms with Crippen LogP contribution in [0.2, 0.25) is 5.02 Å². The highest BCUT2D eigenvalue weighted by molar-refractivity contribution is 6.30. The minimum atomic E-state index is -0.523.